The van der Waals surface area contributed by atoms with Crippen LogP contribution in [0.1, 0.15) is 21.6 Å². The maximum Gasteiger partial charge on any atom is 0.337 e. The molecule has 2 aromatic heterocycles. The summed E-state index contributed by atoms with van der Waals surface area (Å²) in [6.07, 6.45) is 6.92. The highest BCUT2D eigenvalue weighted by atomic mass is 16.4. The van der Waals surface area contributed by atoms with Gasteiger partial charge in [-0.15, -0.1) is 6.58 Å². The van der Waals surface area contributed by atoms with Gasteiger partial charge in [-0.2, -0.15) is 0 Å². The van der Waals surface area contributed by atoms with Gasteiger partial charge in [0.25, 0.3) is 0 Å². The molecule has 2 rings (SSSR count). The third-order valence-electron chi connectivity index (χ3n) is 3.01. The monoisotopic (exact) mass is 283 g/mol. The van der Waals surface area contributed by atoms with Crippen molar-refractivity contribution in [3.05, 3.63) is 72.3 Å². The van der Waals surface area contributed by atoms with E-state index in [1.807, 2.05) is 12.1 Å². The summed E-state index contributed by atoms with van der Waals surface area (Å²) in [4.78, 5) is 21.6. The van der Waals surface area contributed by atoms with Crippen molar-refractivity contribution in [2.45, 2.75) is 13.1 Å². The second-order valence-corrected chi connectivity index (χ2v) is 4.62. The number of hydrogen-bond donors (Lipinski definition) is 1. The minimum atomic E-state index is -0.960. The molecule has 0 radical (unpaired) electrons. The van der Waals surface area contributed by atoms with Crippen LogP contribution in [0.25, 0.3) is 0 Å². The Bertz CT molecular complexity index is 614. The van der Waals surface area contributed by atoms with Crippen molar-refractivity contribution in [3.63, 3.8) is 0 Å². The van der Waals surface area contributed by atoms with Crippen molar-refractivity contribution in [2.24, 2.45) is 0 Å². The van der Waals surface area contributed by atoms with Gasteiger partial charge in [-0.3, -0.25) is 14.9 Å². The van der Waals surface area contributed by atoms with E-state index in [1.54, 1.807) is 36.8 Å². The van der Waals surface area contributed by atoms with Crippen LogP contribution in [-0.2, 0) is 13.1 Å². The minimum absolute atomic E-state index is 0.234. The summed E-state index contributed by atoms with van der Waals surface area (Å²) in [7, 11) is 0. The molecule has 0 saturated heterocycles. The van der Waals surface area contributed by atoms with Crippen molar-refractivity contribution in [3.8, 4) is 0 Å². The van der Waals surface area contributed by atoms with E-state index in [4.69, 9.17) is 0 Å². The molecule has 0 aromatic carbocycles. The van der Waals surface area contributed by atoms with Crippen LogP contribution in [0.3, 0.4) is 0 Å². The van der Waals surface area contributed by atoms with Gasteiger partial charge in [-0.25, -0.2) is 4.79 Å². The van der Waals surface area contributed by atoms with E-state index >= 15 is 0 Å². The number of aromatic carboxylic acids is 1. The predicted octanol–water partition coefficient (Wildman–Crippen LogP) is 2.36. The molecule has 0 aliphatic heterocycles. The maximum absolute atomic E-state index is 11.2. The van der Waals surface area contributed by atoms with Gasteiger partial charge in [0, 0.05) is 38.2 Å². The Balaban J connectivity index is 2.16. The lowest BCUT2D eigenvalue weighted by Crippen LogP contribution is -2.24. The highest BCUT2D eigenvalue weighted by molar-refractivity contribution is 5.88. The van der Waals surface area contributed by atoms with Crippen LogP contribution in [0.15, 0.2) is 55.5 Å². The summed E-state index contributed by atoms with van der Waals surface area (Å²) >= 11 is 0. The van der Waals surface area contributed by atoms with E-state index in [0.717, 1.165) is 5.56 Å². The van der Waals surface area contributed by atoms with Gasteiger partial charge in [0.15, 0.2) is 0 Å². The standard InChI is InChI=1S/C16H17N3O2/c1-2-9-19(11-13-5-3-7-17-10-13)12-15-14(16(20)21)6-4-8-18-15/h2-8,10H,1,9,11-12H2,(H,20,21). The zero-order chi connectivity index (χ0) is 15.1. The first-order valence-corrected chi connectivity index (χ1v) is 6.60. The molecule has 1 N–H and O–H groups in total. The number of rotatable bonds is 7. The first-order chi connectivity index (χ1) is 10.2. The molecule has 0 amide bonds. The number of carbonyl (C=O) groups is 1. The summed E-state index contributed by atoms with van der Waals surface area (Å²) in [5.74, 6) is -0.960. The molecule has 21 heavy (non-hydrogen) atoms. The van der Waals surface area contributed by atoms with Gasteiger partial charge < -0.3 is 5.11 Å². The van der Waals surface area contributed by atoms with Crippen LogP contribution >= 0.6 is 0 Å². The fourth-order valence-corrected chi connectivity index (χ4v) is 2.09. The molecule has 0 aliphatic rings. The van der Waals surface area contributed by atoms with Crippen molar-refractivity contribution < 1.29 is 9.90 Å². The molecular formula is C16H17N3O2. The molecule has 5 heteroatoms. The third-order valence-corrected chi connectivity index (χ3v) is 3.01. The van der Waals surface area contributed by atoms with Gasteiger partial charge in [0.1, 0.15) is 0 Å². The Labute approximate surface area is 123 Å². The summed E-state index contributed by atoms with van der Waals surface area (Å²) < 4.78 is 0. The molecule has 0 atom stereocenters. The zero-order valence-corrected chi connectivity index (χ0v) is 11.6. The molecule has 0 unspecified atom stereocenters. The zero-order valence-electron chi connectivity index (χ0n) is 11.6. The number of carboxylic acid groups (broad SMARTS) is 1. The lowest BCUT2D eigenvalue weighted by atomic mass is 10.1. The summed E-state index contributed by atoms with van der Waals surface area (Å²) in [5, 5.41) is 9.21. The number of carboxylic acids is 1. The second kappa shape index (κ2) is 7.31. The average Bonchev–Trinajstić information content (AvgIpc) is 2.49. The number of nitrogens with zero attached hydrogens (tertiary/aromatic N) is 3. The topological polar surface area (TPSA) is 66.3 Å². The highest BCUT2D eigenvalue weighted by Gasteiger charge is 2.14. The second-order valence-electron chi connectivity index (χ2n) is 4.62. The third kappa shape index (κ3) is 4.22. The molecule has 0 aliphatic carbocycles. The molecule has 0 spiro atoms. The van der Waals surface area contributed by atoms with Gasteiger partial charge in [0.2, 0.25) is 0 Å². The minimum Gasteiger partial charge on any atom is -0.478 e. The lowest BCUT2D eigenvalue weighted by Gasteiger charge is -2.20. The highest BCUT2D eigenvalue weighted by Crippen LogP contribution is 2.11. The van der Waals surface area contributed by atoms with Crippen molar-refractivity contribution in [1.82, 2.24) is 14.9 Å². The molecule has 108 valence electrons. The Kier molecular flexibility index (Phi) is 5.17. The maximum atomic E-state index is 11.2. The summed E-state index contributed by atoms with van der Waals surface area (Å²) in [6, 6.07) is 7.07. The SMILES string of the molecule is C=CCN(Cc1cccnc1)Cc1ncccc1C(=O)O. The van der Waals surface area contributed by atoms with Crippen molar-refractivity contribution >= 4 is 5.97 Å². The van der Waals surface area contributed by atoms with Crippen LogP contribution in [0.4, 0.5) is 0 Å². The fourth-order valence-electron chi connectivity index (χ4n) is 2.09. The van der Waals surface area contributed by atoms with Gasteiger partial charge in [-0.05, 0) is 23.8 Å². The van der Waals surface area contributed by atoms with E-state index in [-0.39, 0.29) is 5.56 Å². The Hall–Kier alpha value is -2.53. The van der Waals surface area contributed by atoms with Gasteiger partial charge >= 0.3 is 5.97 Å². The van der Waals surface area contributed by atoms with Crippen LogP contribution in [-0.4, -0.2) is 32.5 Å². The Morgan fingerprint density at radius 1 is 1.29 bits per heavy atom. The Morgan fingerprint density at radius 3 is 2.76 bits per heavy atom. The molecule has 0 saturated carbocycles. The number of hydrogen-bond acceptors (Lipinski definition) is 4. The van der Waals surface area contributed by atoms with Crippen molar-refractivity contribution in [1.29, 1.82) is 0 Å². The van der Waals surface area contributed by atoms with Crippen LogP contribution in [0.5, 0.6) is 0 Å². The molecule has 2 aromatic rings. The summed E-state index contributed by atoms with van der Waals surface area (Å²) in [5.41, 5.74) is 1.85. The normalized spacial score (nSPS) is 10.5. The lowest BCUT2D eigenvalue weighted by molar-refractivity contribution is 0.0693. The largest absolute Gasteiger partial charge is 0.478 e. The first kappa shape index (κ1) is 14.9. The van der Waals surface area contributed by atoms with Gasteiger partial charge in [-0.1, -0.05) is 12.1 Å². The smallest absolute Gasteiger partial charge is 0.337 e. The molecule has 2 heterocycles. The first-order valence-electron chi connectivity index (χ1n) is 6.60. The number of pyridine rings is 2. The molecule has 5 nitrogen and oxygen atoms in total. The molecular weight excluding hydrogens is 266 g/mol. The average molecular weight is 283 g/mol. The van der Waals surface area contributed by atoms with Crippen LogP contribution in [0, 0.1) is 0 Å². The van der Waals surface area contributed by atoms with E-state index in [2.05, 4.69) is 21.4 Å². The van der Waals surface area contributed by atoms with Crippen LogP contribution < -0.4 is 0 Å². The quantitative estimate of drug-likeness (QED) is 0.790. The van der Waals surface area contributed by atoms with E-state index in [1.165, 1.54) is 0 Å². The molecule has 0 fully saturated rings. The van der Waals surface area contributed by atoms with Crippen LogP contribution in [0.2, 0.25) is 0 Å². The number of aromatic nitrogens is 2. The Morgan fingerprint density at radius 2 is 2.10 bits per heavy atom. The summed E-state index contributed by atoms with van der Waals surface area (Å²) in [6.45, 7) is 5.50. The van der Waals surface area contributed by atoms with E-state index in [0.29, 0.717) is 25.3 Å². The predicted molar refractivity (Wildman–Crippen MR) is 79.7 cm³/mol. The van der Waals surface area contributed by atoms with E-state index < -0.39 is 5.97 Å². The fraction of sp³-hybridized carbons (Fsp3) is 0.188. The van der Waals surface area contributed by atoms with Gasteiger partial charge in [0.05, 0.1) is 11.3 Å². The van der Waals surface area contributed by atoms with E-state index in [9.17, 15) is 9.90 Å². The van der Waals surface area contributed by atoms with Crippen molar-refractivity contribution in [2.75, 3.05) is 6.54 Å². The molecule has 0 bridgehead atoms.